The van der Waals surface area contributed by atoms with E-state index in [1.54, 1.807) is 26.0 Å². The molecule has 102 valence electrons. The largest absolute Gasteiger partial charge is 0.466 e. The molecule has 1 aromatic rings. The summed E-state index contributed by atoms with van der Waals surface area (Å²) in [5.41, 5.74) is 9.73. The van der Waals surface area contributed by atoms with Crippen LogP contribution in [0.1, 0.15) is 36.9 Å². The molecule has 0 aliphatic heterocycles. The van der Waals surface area contributed by atoms with Crippen molar-refractivity contribution in [2.45, 2.75) is 32.7 Å². The molecule has 0 radical (unpaired) electrons. The minimum absolute atomic E-state index is 0.161. The molecule has 0 saturated carbocycles. The minimum atomic E-state index is -0.492. The number of carbonyl (C=O) groups is 1. The number of rotatable bonds is 6. The van der Waals surface area contributed by atoms with Crippen molar-refractivity contribution >= 4 is 5.97 Å². The van der Waals surface area contributed by atoms with E-state index in [2.05, 4.69) is 10.0 Å². The lowest BCUT2D eigenvalue weighted by molar-refractivity contribution is -0.143. The first-order chi connectivity index (χ1) is 9.08. The Kier molecular flexibility index (Phi) is 5.82. The zero-order valence-electron chi connectivity index (χ0n) is 11.0. The van der Waals surface area contributed by atoms with Crippen LogP contribution in [0.5, 0.6) is 0 Å². The summed E-state index contributed by atoms with van der Waals surface area (Å²) < 4.78 is 18.0. The Balaban J connectivity index is 2.79. The van der Waals surface area contributed by atoms with Crippen LogP contribution in [0.15, 0.2) is 23.3 Å². The van der Waals surface area contributed by atoms with Crippen molar-refractivity contribution in [1.82, 2.24) is 0 Å². The number of hydrogen-bond donors (Lipinski definition) is 0. The first kappa shape index (κ1) is 15.0. The molecule has 0 aliphatic rings. The molecule has 0 saturated heterocycles. The highest BCUT2D eigenvalue weighted by molar-refractivity contribution is 5.69. The second kappa shape index (κ2) is 7.38. The maximum Gasteiger partial charge on any atom is 0.305 e. The fourth-order valence-electron chi connectivity index (χ4n) is 1.72. The van der Waals surface area contributed by atoms with E-state index in [4.69, 9.17) is 10.3 Å². The van der Waals surface area contributed by atoms with E-state index >= 15 is 0 Å². The van der Waals surface area contributed by atoms with Crippen molar-refractivity contribution in [3.8, 4) is 0 Å². The van der Waals surface area contributed by atoms with Crippen LogP contribution in [0, 0.1) is 12.7 Å². The number of ether oxygens (including phenoxy) is 1. The lowest BCUT2D eigenvalue weighted by atomic mass is 10.0. The molecule has 0 aliphatic carbocycles. The molecule has 19 heavy (non-hydrogen) atoms. The second-order valence-corrected chi connectivity index (χ2v) is 4.07. The Morgan fingerprint density at radius 2 is 2.32 bits per heavy atom. The molecule has 5 nitrogen and oxygen atoms in total. The fraction of sp³-hybridized carbons (Fsp3) is 0.462. The summed E-state index contributed by atoms with van der Waals surface area (Å²) in [6, 6.07) is 4.02. The van der Waals surface area contributed by atoms with Gasteiger partial charge in [-0.2, -0.15) is 0 Å². The quantitative estimate of drug-likeness (QED) is 0.339. The molecule has 6 heteroatoms. The fourth-order valence-corrected chi connectivity index (χ4v) is 1.72. The third kappa shape index (κ3) is 4.60. The van der Waals surface area contributed by atoms with Crippen molar-refractivity contribution < 1.29 is 13.9 Å². The predicted molar refractivity (Wildman–Crippen MR) is 68.9 cm³/mol. The Morgan fingerprint density at radius 1 is 1.58 bits per heavy atom. The Morgan fingerprint density at radius 3 is 2.89 bits per heavy atom. The standard InChI is InChI=1S/C13H16FN3O2/c1-3-19-13(18)7-6-12(16-17-15)10-4-5-11(14)9(2)8-10/h4-5,8,12H,3,6-7H2,1-2H3. The molecule has 0 aromatic heterocycles. The zero-order chi connectivity index (χ0) is 14.3. The van der Waals surface area contributed by atoms with Gasteiger partial charge in [-0.3, -0.25) is 4.79 Å². The SMILES string of the molecule is CCOC(=O)CCC(N=[N+]=[N-])c1ccc(F)c(C)c1. The van der Waals surface area contributed by atoms with Gasteiger partial charge in [0.2, 0.25) is 0 Å². The Hall–Kier alpha value is -2.07. The number of esters is 1. The highest BCUT2D eigenvalue weighted by atomic mass is 19.1. The van der Waals surface area contributed by atoms with Crippen LogP contribution in [0.25, 0.3) is 10.4 Å². The summed E-state index contributed by atoms with van der Waals surface area (Å²) in [6.45, 7) is 3.68. The number of azide groups is 1. The van der Waals surface area contributed by atoms with Gasteiger partial charge in [0.05, 0.1) is 12.6 Å². The van der Waals surface area contributed by atoms with Gasteiger partial charge in [-0.1, -0.05) is 17.2 Å². The van der Waals surface area contributed by atoms with Gasteiger partial charge >= 0.3 is 5.97 Å². The summed E-state index contributed by atoms with van der Waals surface area (Å²) >= 11 is 0. The van der Waals surface area contributed by atoms with Crippen molar-refractivity contribution in [3.05, 3.63) is 45.6 Å². The molecule has 0 amide bonds. The Labute approximate surface area is 111 Å². The molecule has 0 fully saturated rings. The third-order valence-corrected chi connectivity index (χ3v) is 2.69. The van der Waals surface area contributed by atoms with Crippen LogP contribution in [0.3, 0.4) is 0 Å². The Bertz CT molecular complexity index is 499. The van der Waals surface area contributed by atoms with E-state index in [1.807, 2.05) is 0 Å². The van der Waals surface area contributed by atoms with Gasteiger partial charge in [0.15, 0.2) is 0 Å². The highest BCUT2D eigenvalue weighted by Crippen LogP contribution is 2.25. The molecule has 0 N–H and O–H groups in total. The molecule has 0 heterocycles. The van der Waals surface area contributed by atoms with E-state index in [0.717, 1.165) is 0 Å². The monoisotopic (exact) mass is 265 g/mol. The molecule has 1 atom stereocenters. The lowest BCUT2D eigenvalue weighted by Gasteiger charge is -2.12. The third-order valence-electron chi connectivity index (χ3n) is 2.69. The van der Waals surface area contributed by atoms with Crippen LogP contribution >= 0.6 is 0 Å². The number of halogens is 1. The van der Waals surface area contributed by atoms with Crippen molar-refractivity contribution in [2.75, 3.05) is 6.61 Å². The number of nitrogens with zero attached hydrogens (tertiary/aromatic N) is 3. The molecular formula is C13H16FN3O2. The lowest BCUT2D eigenvalue weighted by Crippen LogP contribution is -2.06. The van der Waals surface area contributed by atoms with Crippen LogP contribution in [-0.4, -0.2) is 12.6 Å². The number of aryl methyl sites for hydroxylation is 1. The smallest absolute Gasteiger partial charge is 0.305 e. The van der Waals surface area contributed by atoms with Gasteiger partial charge in [0, 0.05) is 11.3 Å². The van der Waals surface area contributed by atoms with E-state index in [0.29, 0.717) is 24.2 Å². The van der Waals surface area contributed by atoms with Crippen LogP contribution in [-0.2, 0) is 9.53 Å². The summed E-state index contributed by atoms with van der Waals surface area (Å²) in [4.78, 5) is 14.1. The number of benzene rings is 1. The molecule has 1 aromatic carbocycles. The zero-order valence-corrected chi connectivity index (χ0v) is 11.0. The first-order valence-electron chi connectivity index (χ1n) is 6.04. The molecule has 1 rings (SSSR count). The maximum absolute atomic E-state index is 13.2. The molecular weight excluding hydrogens is 249 g/mol. The average molecular weight is 265 g/mol. The van der Waals surface area contributed by atoms with Gasteiger partial charge in [-0.05, 0) is 43.0 Å². The highest BCUT2D eigenvalue weighted by Gasteiger charge is 2.13. The second-order valence-electron chi connectivity index (χ2n) is 4.07. The average Bonchev–Trinajstić information content (AvgIpc) is 2.38. The van der Waals surface area contributed by atoms with Gasteiger partial charge < -0.3 is 4.74 Å². The molecule has 0 spiro atoms. The van der Waals surface area contributed by atoms with Crippen molar-refractivity contribution in [2.24, 2.45) is 5.11 Å². The van der Waals surface area contributed by atoms with E-state index < -0.39 is 6.04 Å². The summed E-state index contributed by atoms with van der Waals surface area (Å²) in [7, 11) is 0. The maximum atomic E-state index is 13.2. The predicted octanol–water partition coefficient (Wildman–Crippen LogP) is 3.83. The van der Waals surface area contributed by atoms with Crippen LogP contribution in [0.2, 0.25) is 0 Å². The molecule has 1 unspecified atom stereocenters. The van der Waals surface area contributed by atoms with Crippen molar-refractivity contribution in [3.63, 3.8) is 0 Å². The topological polar surface area (TPSA) is 75.1 Å². The van der Waals surface area contributed by atoms with E-state index in [9.17, 15) is 9.18 Å². The van der Waals surface area contributed by atoms with Gasteiger partial charge in [0.25, 0.3) is 0 Å². The summed E-state index contributed by atoms with van der Waals surface area (Å²) in [5, 5.41) is 3.65. The normalized spacial score (nSPS) is 11.5. The van der Waals surface area contributed by atoms with Crippen LogP contribution in [0.4, 0.5) is 4.39 Å². The van der Waals surface area contributed by atoms with E-state index in [-0.39, 0.29) is 18.2 Å². The van der Waals surface area contributed by atoms with Crippen molar-refractivity contribution in [1.29, 1.82) is 0 Å². The van der Waals surface area contributed by atoms with Gasteiger partial charge in [0.1, 0.15) is 5.82 Å². The summed E-state index contributed by atoms with van der Waals surface area (Å²) in [6.07, 6.45) is 0.502. The van der Waals surface area contributed by atoms with Gasteiger partial charge in [-0.25, -0.2) is 4.39 Å². The van der Waals surface area contributed by atoms with Gasteiger partial charge in [-0.15, -0.1) is 0 Å². The van der Waals surface area contributed by atoms with Crippen LogP contribution < -0.4 is 0 Å². The number of carbonyl (C=O) groups excluding carboxylic acids is 1. The first-order valence-corrected chi connectivity index (χ1v) is 6.04. The molecule has 0 bridgehead atoms. The minimum Gasteiger partial charge on any atom is -0.466 e. The number of hydrogen-bond acceptors (Lipinski definition) is 3. The summed E-state index contributed by atoms with van der Waals surface area (Å²) in [5.74, 6) is -0.645. The van der Waals surface area contributed by atoms with E-state index in [1.165, 1.54) is 6.07 Å².